The van der Waals surface area contributed by atoms with Crippen LogP contribution in [0.3, 0.4) is 0 Å². The molecular formula is C39H40O9S2. The topological polar surface area (TPSA) is 125 Å². The Balaban J connectivity index is 1.16. The van der Waals surface area contributed by atoms with Crippen LogP contribution in [0.25, 0.3) is 0 Å². The van der Waals surface area contributed by atoms with Gasteiger partial charge in [-0.1, -0.05) is 90.0 Å². The fourth-order valence-corrected chi connectivity index (χ4v) is 7.03. The van der Waals surface area contributed by atoms with Crippen LogP contribution in [0.1, 0.15) is 40.7 Å². The molecule has 0 radical (unpaired) electrons. The molecule has 0 saturated carbocycles. The molecule has 0 saturated heterocycles. The fraction of sp³-hybridized carbons (Fsp3) is 0.231. The Kier molecular flexibility index (Phi) is 12.1. The molecule has 0 bridgehead atoms. The van der Waals surface area contributed by atoms with Gasteiger partial charge >= 0.3 is 0 Å². The van der Waals surface area contributed by atoms with E-state index < -0.39 is 25.8 Å². The van der Waals surface area contributed by atoms with E-state index in [1.165, 1.54) is 24.3 Å². The molecule has 0 amide bonds. The number of aryl methyl sites for hydroxylation is 2. The molecule has 0 aromatic heterocycles. The van der Waals surface area contributed by atoms with Crippen LogP contribution >= 0.6 is 0 Å². The van der Waals surface area contributed by atoms with Crippen LogP contribution in [-0.4, -0.2) is 48.4 Å². The van der Waals surface area contributed by atoms with Crippen molar-refractivity contribution in [2.75, 3.05) is 26.4 Å². The molecule has 5 rings (SSSR count). The third-order valence-electron chi connectivity index (χ3n) is 7.95. The fourth-order valence-electron chi connectivity index (χ4n) is 5.15. The molecule has 5 aromatic rings. The van der Waals surface area contributed by atoms with Crippen molar-refractivity contribution in [2.45, 2.75) is 42.1 Å². The third-order valence-corrected chi connectivity index (χ3v) is 10.6. The molecule has 0 heterocycles. The van der Waals surface area contributed by atoms with Gasteiger partial charge in [-0.05, 0) is 79.1 Å². The first kappa shape index (κ1) is 36.8. The van der Waals surface area contributed by atoms with Crippen molar-refractivity contribution >= 4 is 20.2 Å². The molecule has 0 aliphatic carbocycles. The van der Waals surface area contributed by atoms with Crippen molar-refractivity contribution in [3.8, 4) is 11.5 Å². The van der Waals surface area contributed by atoms with E-state index in [1.807, 2.05) is 44.2 Å². The second-order valence-corrected chi connectivity index (χ2v) is 14.9. The Morgan fingerprint density at radius 1 is 0.480 bits per heavy atom. The van der Waals surface area contributed by atoms with Gasteiger partial charge in [-0.2, -0.15) is 16.8 Å². The summed E-state index contributed by atoms with van der Waals surface area (Å²) in [7, 11) is -7.68. The predicted molar refractivity (Wildman–Crippen MR) is 190 cm³/mol. The van der Waals surface area contributed by atoms with Gasteiger partial charge in [-0.25, -0.2) is 0 Å². The van der Waals surface area contributed by atoms with Crippen molar-refractivity contribution in [1.82, 2.24) is 0 Å². The molecule has 5 aromatic carbocycles. The van der Waals surface area contributed by atoms with Gasteiger partial charge in [-0.15, -0.1) is 0 Å². The Hall–Kier alpha value is -4.52. The van der Waals surface area contributed by atoms with Crippen molar-refractivity contribution < 1.29 is 39.8 Å². The second-order valence-electron chi connectivity index (χ2n) is 11.7. The van der Waals surface area contributed by atoms with E-state index >= 15 is 0 Å². The maximum atomic E-state index is 12.4. The molecule has 0 aliphatic heterocycles. The second kappa shape index (κ2) is 16.5. The SMILES string of the molecule is Cc1ccc(S(=O)(=O)OCCCOc2ccc(C(O)(c3ccccc3)c3ccc(OCCCOS(=O)(=O)c4ccc(C)cc4)cc3)cc2)cc1. The lowest BCUT2D eigenvalue weighted by Gasteiger charge is -2.30. The highest BCUT2D eigenvalue weighted by atomic mass is 32.2. The van der Waals surface area contributed by atoms with Gasteiger partial charge in [0.05, 0.1) is 36.2 Å². The lowest BCUT2D eigenvalue weighted by molar-refractivity contribution is 0.125. The zero-order valence-electron chi connectivity index (χ0n) is 27.9. The van der Waals surface area contributed by atoms with Crippen LogP contribution in [0, 0.1) is 13.8 Å². The zero-order valence-corrected chi connectivity index (χ0v) is 29.5. The summed E-state index contributed by atoms with van der Waals surface area (Å²) in [6.07, 6.45) is 0.712. The summed E-state index contributed by atoms with van der Waals surface area (Å²) >= 11 is 0. The summed E-state index contributed by atoms with van der Waals surface area (Å²) in [5, 5.41) is 12.2. The normalized spacial score (nSPS) is 12.1. The largest absolute Gasteiger partial charge is 0.494 e. The summed E-state index contributed by atoms with van der Waals surface area (Å²) in [6, 6.07) is 36.4. The number of benzene rings is 5. The molecule has 0 unspecified atom stereocenters. The van der Waals surface area contributed by atoms with Crippen LogP contribution in [0.2, 0.25) is 0 Å². The van der Waals surface area contributed by atoms with Gasteiger partial charge in [0, 0.05) is 12.8 Å². The summed E-state index contributed by atoms with van der Waals surface area (Å²) < 4.78 is 71.5. The smallest absolute Gasteiger partial charge is 0.296 e. The number of hydrogen-bond donors (Lipinski definition) is 1. The van der Waals surface area contributed by atoms with E-state index in [4.69, 9.17) is 17.8 Å². The minimum absolute atomic E-state index is 0.0224. The quantitative estimate of drug-likeness (QED) is 0.0619. The van der Waals surface area contributed by atoms with Crippen molar-refractivity contribution in [1.29, 1.82) is 0 Å². The van der Waals surface area contributed by atoms with Gasteiger partial charge in [0.15, 0.2) is 0 Å². The van der Waals surface area contributed by atoms with Crippen molar-refractivity contribution in [3.05, 3.63) is 155 Å². The van der Waals surface area contributed by atoms with Crippen molar-refractivity contribution in [3.63, 3.8) is 0 Å². The highest BCUT2D eigenvalue weighted by Gasteiger charge is 2.34. The average molecular weight is 717 g/mol. The minimum atomic E-state index is -3.84. The molecule has 0 spiro atoms. The third kappa shape index (κ3) is 9.38. The van der Waals surface area contributed by atoms with Gasteiger partial charge in [-0.3, -0.25) is 8.37 Å². The molecule has 11 heteroatoms. The minimum Gasteiger partial charge on any atom is -0.494 e. The van der Waals surface area contributed by atoms with E-state index in [0.717, 1.165) is 11.1 Å². The summed E-state index contributed by atoms with van der Waals surface area (Å²) in [4.78, 5) is 0.227. The number of ether oxygens (including phenoxy) is 2. The molecule has 0 aliphatic rings. The summed E-state index contributed by atoms with van der Waals surface area (Å²) in [5.74, 6) is 1.12. The van der Waals surface area contributed by atoms with Crippen molar-refractivity contribution in [2.24, 2.45) is 0 Å². The maximum absolute atomic E-state index is 12.4. The number of rotatable bonds is 17. The predicted octanol–water partition coefficient (Wildman–Crippen LogP) is 6.94. The van der Waals surface area contributed by atoms with Gasteiger partial charge < -0.3 is 14.6 Å². The van der Waals surface area contributed by atoms with E-state index in [0.29, 0.717) is 41.0 Å². The maximum Gasteiger partial charge on any atom is 0.296 e. The average Bonchev–Trinajstić information content (AvgIpc) is 3.12. The van der Waals surface area contributed by atoms with Crippen LogP contribution < -0.4 is 9.47 Å². The zero-order chi connectivity index (χ0) is 35.6. The lowest BCUT2D eigenvalue weighted by atomic mass is 9.80. The Morgan fingerprint density at radius 2 is 0.840 bits per heavy atom. The number of aliphatic hydroxyl groups is 1. The van der Waals surface area contributed by atoms with E-state index in [9.17, 15) is 21.9 Å². The van der Waals surface area contributed by atoms with Gasteiger partial charge in [0.2, 0.25) is 0 Å². The Morgan fingerprint density at radius 3 is 1.22 bits per heavy atom. The standard InChI is InChI=1S/C39H40O9S2/c1-30-10-22-37(23-11-30)49(41,42)47-28-6-26-45-35-18-14-33(15-19-35)39(40,32-8-4-3-5-9-32)34-16-20-36(21-17-34)46-27-7-29-48-50(43,44)38-24-12-31(2)13-25-38/h3-5,8-25,40H,6-7,26-29H2,1-2H3. The van der Waals surface area contributed by atoms with E-state index in [1.54, 1.807) is 72.8 Å². The molecule has 9 nitrogen and oxygen atoms in total. The first-order valence-corrected chi connectivity index (χ1v) is 19.0. The Bertz CT molecular complexity index is 1900. The first-order chi connectivity index (χ1) is 24.0. The highest BCUT2D eigenvalue weighted by Crippen LogP contribution is 2.38. The van der Waals surface area contributed by atoms with Gasteiger partial charge in [0.1, 0.15) is 17.1 Å². The van der Waals surface area contributed by atoms with E-state index in [2.05, 4.69) is 0 Å². The van der Waals surface area contributed by atoms with Gasteiger partial charge in [0.25, 0.3) is 20.2 Å². The van der Waals surface area contributed by atoms with Crippen LogP contribution in [-0.2, 0) is 34.2 Å². The van der Waals surface area contributed by atoms with E-state index in [-0.39, 0.29) is 36.2 Å². The molecule has 0 fully saturated rings. The molecule has 0 atom stereocenters. The number of hydrogen-bond acceptors (Lipinski definition) is 9. The van der Waals surface area contributed by atoms with Crippen LogP contribution in [0.4, 0.5) is 0 Å². The summed E-state index contributed by atoms with van der Waals surface area (Å²) in [5.41, 5.74) is 2.32. The Labute approximate surface area is 294 Å². The monoisotopic (exact) mass is 716 g/mol. The first-order valence-electron chi connectivity index (χ1n) is 16.1. The molecule has 262 valence electrons. The van der Waals surface area contributed by atoms with Crippen LogP contribution in [0.15, 0.2) is 137 Å². The molecule has 1 N–H and O–H groups in total. The molecule has 50 heavy (non-hydrogen) atoms. The highest BCUT2D eigenvalue weighted by molar-refractivity contribution is 7.87. The lowest BCUT2D eigenvalue weighted by Crippen LogP contribution is -2.28. The summed E-state index contributed by atoms with van der Waals surface area (Å²) in [6.45, 7) is 4.19. The molecular weight excluding hydrogens is 677 g/mol. The van der Waals surface area contributed by atoms with Crippen LogP contribution in [0.5, 0.6) is 11.5 Å².